The summed E-state index contributed by atoms with van der Waals surface area (Å²) in [5, 5.41) is 1.09. The van der Waals surface area contributed by atoms with Crippen LogP contribution in [-0.4, -0.2) is 4.98 Å². The molecule has 106 valence electrons. The Hall–Kier alpha value is -2.46. The van der Waals surface area contributed by atoms with Gasteiger partial charge in [-0.15, -0.1) is 0 Å². The average Bonchev–Trinajstić information content (AvgIpc) is 2.53. The van der Waals surface area contributed by atoms with Gasteiger partial charge < -0.3 is 10.5 Å². The topological polar surface area (TPSA) is 48.1 Å². The number of hydrogen-bond donors (Lipinski definition) is 1. The quantitative estimate of drug-likeness (QED) is 0.797. The normalized spacial score (nSPS) is 10.8. The molecule has 4 heteroatoms. The molecule has 0 saturated heterocycles. The average molecular weight is 282 g/mol. The monoisotopic (exact) mass is 282 g/mol. The molecule has 1 aromatic heterocycles. The van der Waals surface area contributed by atoms with Gasteiger partial charge in [-0.2, -0.15) is 0 Å². The second-order valence-electron chi connectivity index (χ2n) is 4.74. The molecule has 2 N–H and O–H groups in total. The number of benzene rings is 2. The van der Waals surface area contributed by atoms with Crippen molar-refractivity contribution in [3.8, 4) is 5.75 Å². The van der Waals surface area contributed by atoms with E-state index in [-0.39, 0.29) is 12.4 Å². The minimum Gasteiger partial charge on any atom is -0.487 e. The Labute approximate surface area is 122 Å². The van der Waals surface area contributed by atoms with Crippen molar-refractivity contribution in [3.63, 3.8) is 0 Å². The Bertz CT molecular complexity index is 774. The van der Waals surface area contributed by atoms with Crippen LogP contribution in [0, 0.1) is 5.82 Å². The van der Waals surface area contributed by atoms with Gasteiger partial charge in [-0.05, 0) is 30.3 Å². The summed E-state index contributed by atoms with van der Waals surface area (Å²) in [6, 6.07) is 16.2. The Kier molecular flexibility index (Phi) is 3.79. The zero-order valence-corrected chi connectivity index (χ0v) is 11.4. The van der Waals surface area contributed by atoms with Gasteiger partial charge in [0.1, 0.15) is 18.2 Å². The lowest BCUT2D eigenvalue weighted by atomic mass is 10.2. The maximum Gasteiger partial charge on any atom is 0.130 e. The molecular weight excluding hydrogens is 267 g/mol. The van der Waals surface area contributed by atoms with Crippen LogP contribution < -0.4 is 10.5 Å². The van der Waals surface area contributed by atoms with Gasteiger partial charge in [0.05, 0.1) is 11.2 Å². The zero-order chi connectivity index (χ0) is 14.7. The number of halogens is 1. The van der Waals surface area contributed by atoms with Crippen molar-refractivity contribution in [1.82, 2.24) is 4.98 Å². The van der Waals surface area contributed by atoms with Crippen LogP contribution in [0.5, 0.6) is 5.75 Å². The van der Waals surface area contributed by atoms with E-state index in [1.165, 1.54) is 12.1 Å². The van der Waals surface area contributed by atoms with E-state index in [1.807, 2.05) is 36.4 Å². The van der Waals surface area contributed by atoms with Crippen molar-refractivity contribution >= 4 is 10.9 Å². The molecule has 3 aromatic rings. The van der Waals surface area contributed by atoms with E-state index in [1.54, 1.807) is 6.07 Å². The van der Waals surface area contributed by atoms with Crippen LogP contribution in [0.1, 0.15) is 11.3 Å². The van der Waals surface area contributed by atoms with Crippen LogP contribution in [-0.2, 0) is 13.2 Å². The van der Waals surface area contributed by atoms with Gasteiger partial charge in [-0.1, -0.05) is 24.3 Å². The molecule has 0 saturated carbocycles. The van der Waals surface area contributed by atoms with E-state index >= 15 is 0 Å². The van der Waals surface area contributed by atoms with E-state index in [4.69, 9.17) is 10.5 Å². The summed E-state index contributed by atoms with van der Waals surface area (Å²) < 4.78 is 18.9. The number of ether oxygens (including phenoxy) is 1. The molecule has 0 fully saturated rings. The molecule has 3 rings (SSSR count). The molecule has 1 heterocycles. The third-order valence-corrected chi connectivity index (χ3v) is 3.27. The smallest absolute Gasteiger partial charge is 0.130 e. The van der Waals surface area contributed by atoms with Gasteiger partial charge in [-0.3, -0.25) is 0 Å². The van der Waals surface area contributed by atoms with Crippen molar-refractivity contribution in [1.29, 1.82) is 0 Å². The van der Waals surface area contributed by atoms with Gasteiger partial charge in [0.2, 0.25) is 0 Å². The molecule has 0 aliphatic heterocycles. The Morgan fingerprint density at radius 3 is 2.76 bits per heavy atom. The second-order valence-corrected chi connectivity index (χ2v) is 4.74. The number of pyridine rings is 1. The summed E-state index contributed by atoms with van der Waals surface area (Å²) in [6.45, 7) is 0.557. The molecular formula is C17H15FN2O. The van der Waals surface area contributed by atoms with E-state index < -0.39 is 0 Å². The Morgan fingerprint density at radius 1 is 1.05 bits per heavy atom. The summed E-state index contributed by atoms with van der Waals surface area (Å²) in [6.07, 6.45) is 0. The highest BCUT2D eigenvalue weighted by Gasteiger charge is 2.05. The Morgan fingerprint density at radius 2 is 1.90 bits per heavy atom. The third-order valence-electron chi connectivity index (χ3n) is 3.27. The number of nitrogens with zero attached hydrogens (tertiary/aromatic N) is 1. The minimum absolute atomic E-state index is 0.234. The van der Waals surface area contributed by atoms with Crippen LogP contribution in [0.25, 0.3) is 10.9 Å². The minimum atomic E-state index is -0.313. The standard InChI is InChI=1S/C17H15FN2O/c18-14-6-8-17(13(9-14)10-19)21-11-15-7-5-12-3-1-2-4-16(12)20-15/h1-9H,10-11,19H2. The zero-order valence-electron chi connectivity index (χ0n) is 11.4. The molecule has 3 nitrogen and oxygen atoms in total. The predicted molar refractivity (Wildman–Crippen MR) is 80.4 cm³/mol. The molecule has 0 aliphatic rings. The van der Waals surface area contributed by atoms with Crippen LogP contribution >= 0.6 is 0 Å². The number of hydrogen-bond acceptors (Lipinski definition) is 3. The lowest BCUT2D eigenvalue weighted by molar-refractivity contribution is 0.298. The fraction of sp³-hybridized carbons (Fsp3) is 0.118. The van der Waals surface area contributed by atoms with E-state index in [0.717, 1.165) is 16.6 Å². The van der Waals surface area contributed by atoms with Gasteiger partial charge in [0, 0.05) is 17.5 Å². The number of nitrogens with two attached hydrogens (primary N) is 1. The predicted octanol–water partition coefficient (Wildman–Crippen LogP) is 3.41. The fourth-order valence-corrected chi connectivity index (χ4v) is 2.19. The van der Waals surface area contributed by atoms with Crippen LogP contribution in [0.15, 0.2) is 54.6 Å². The van der Waals surface area contributed by atoms with Gasteiger partial charge >= 0.3 is 0 Å². The first-order valence-electron chi connectivity index (χ1n) is 6.72. The SMILES string of the molecule is NCc1cc(F)ccc1OCc1ccc2ccccc2n1. The molecule has 21 heavy (non-hydrogen) atoms. The largest absolute Gasteiger partial charge is 0.487 e. The van der Waals surface area contributed by atoms with Crippen molar-refractivity contribution in [2.45, 2.75) is 13.2 Å². The van der Waals surface area contributed by atoms with Crippen LogP contribution in [0.3, 0.4) is 0 Å². The number of rotatable bonds is 4. The summed E-state index contributed by atoms with van der Waals surface area (Å²) >= 11 is 0. The third kappa shape index (κ3) is 3.01. The van der Waals surface area contributed by atoms with Crippen molar-refractivity contribution < 1.29 is 9.13 Å². The summed E-state index contributed by atoms with van der Waals surface area (Å²) in [5.41, 5.74) is 8.00. The molecule has 0 radical (unpaired) electrons. The van der Waals surface area contributed by atoms with Crippen LogP contribution in [0.2, 0.25) is 0 Å². The molecule has 0 atom stereocenters. The van der Waals surface area contributed by atoms with Gasteiger partial charge in [0.15, 0.2) is 0 Å². The van der Waals surface area contributed by atoms with Crippen molar-refractivity contribution in [3.05, 3.63) is 71.7 Å². The molecule has 0 amide bonds. The fourth-order valence-electron chi connectivity index (χ4n) is 2.19. The van der Waals surface area contributed by atoms with Crippen LogP contribution in [0.4, 0.5) is 4.39 Å². The molecule has 0 unspecified atom stereocenters. The second kappa shape index (κ2) is 5.89. The first-order valence-corrected chi connectivity index (χ1v) is 6.72. The van der Waals surface area contributed by atoms with Crippen molar-refractivity contribution in [2.75, 3.05) is 0 Å². The van der Waals surface area contributed by atoms with E-state index in [9.17, 15) is 4.39 Å². The highest BCUT2D eigenvalue weighted by molar-refractivity contribution is 5.78. The lowest BCUT2D eigenvalue weighted by Gasteiger charge is -2.10. The molecule has 0 aliphatic carbocycles. The number of para-hydroxylation sites is 1. The van der Waals surface area contributed by atoms with Gasteiger partial charge in [0.25, 0.3) is 0 Å². The van der Waals surface area contributed by atoms with E-state index in [0.29, 0.717) is 17.9 Å². The molecule has 0 spiro atoms. The number of aromatic nitrogens is 1. The molecule has 2 aromatic carbocycles. The maximum atomic E-state index is 13.1. The summed E-state index contributed by atoms with van der Waals surface area (Å²) in [5.74, 6) is 0.278. The summed E-state index contributed by atoms with van der Waals surface area (Å²) in [7, 11) is 0. The maximum absolute atomic E-state index is 13.1. The highest BCUT2D eigenvalue weighted by Crippen LogP contribution is 2.20. The molecule has 0 bridgehead atoms. The first-order chi connectivity index (χ1) is 10.3. The lowest BCUT2D eigenvalue weighted by Crippen LogP contribution is -2.04. The van der Waals surface area contributed by atoms with Crippen molar-refractivity contribution in [2.24, 2.45) is 5.73 Å². The van der Waals surface area contributed by atoms with Gasteiger partial charge in [-0.25, -0.2) is 9.37 Å². The first kappa shape index (κ1) is 13.5. The Balaban J connectivity index is 1.80. The van der Waals surface area contributed by atoms with E-state index in [2.05, 4.69) is 4.98 Å². The highest BCUT2D eigenvalue weighted by atomic mass is 19.1. The summed E-state index contributed by atoms with van der Waals surface area (Å²) in [4.78, 5) is 4.53. The number of fused-ring (bicyclic) bond motifs is 1.